The van der Waals surface area contributed by atoms with Gasteiger partial charge in [0.25, 0.3) is 0 Å². The van der Waals surface area contributed by atoms with Gasteiger partial charge in [-0.2, -0.15) is 0 Å². The zero-order valence-electron chi connectivity index (χ0n) is 10.3. The molecule has 0 amide bonds. The SMILES string of the molecule is CCNC(C1CCOCC1)C(C)OCC. The molecule has 0 aromatic rings. The Bertz CT molecular complexity index is 158. The molecule has 0 radical (unpaired) electrons. The van der Waals surface area contributed by atoms with Crippen molar-refractivity contribution in [2.45, 2.75) is 45.8 Å². The fourth-order valence-electron chi connectivity index (χ4n) is 2.39. The average molecular weight is 215 g/mol. The lowest BCUT2D eigenvalue weighted by atomic mass is 9.88. The lowest BCUT2D eigenvalue weighted by molar-refractivity contribution is -0.00360. The molecule has 2 atom stereocenters. The molecule has 1 aliphatic heterocycles. The van der Waals surface area contributed by atoms with Gasteiger partial charge in [-0.25, -0.2) is 0 Å². The standard InChI is InChI=1S/C12H25NO2/c1-4-13-12(10(3)15-5-2)11-6-8-14-9-7-11/h10-13H,4-9H2,1-3H3. The minimum Gasteiger partial charge on any atom is -0.381 e. The van der Waals surface area contributed by atoms with Crippen LogP contribution < -0.4 is 5.32 Å². The third-order valence-electron chi connectivity index (χ3n) is 3.15. The van der Waals surface area contributed by atoms with Crippen LogP contribution in [0.1, 0.15) is 33.6 Å². The largest absolute Gasteiger partial charge is 0.381 e. The third kappa shape index (κ3) is 4.09. The van der Waals surface area contributed by atoms with Gasteiger partial charge in [-0.3, -0.25) is 0 Å². The van der Waals surface area contributed by atoms with Gasteiger partial charge in [0.2, 0.25) is 0 Å². The number of rotatable bonds is 6. The highest BCUT2D eigenvalue weighted by atomic mass is 16.5. The van der Waals surface area contributed by atoms with Crippen molar-refractivity contribution in [2.24, 2.45) is 5.92 Å². The Morgan fingerprint density at radius 3 is 2.53 bits per heavy atom. The lowest BCUT2D eigenvalue weighted by Crippen LogP contribution is -2.47. The van der Waals surface area contributed by atoms with Crippen LogP contribution in [0.4, 0.5) is 0 Å². The summed E-state index contributed by atoms with van der Waals surface area (Å²) in [6, 6.07) is 0.485. The second-order valence-corrected chi connectivity index (χ2v) is 4.19. The monoisotopic (exact) mass is 215 g/mol. The van der Waals surface area contributed by atoms with Gasteiger partial charge in [0.05, 0.1) is 6.10 Å². The summed E-state index contributed by atoms with van der Waals surface area (Å²) in [4.78, 5) is 0. The number of hydrogen-bond donors (Lipinski definition) is 1. The Morgan fingerprint density at radius 2 is 2.00 bits per heavy atom. The summed E-state index contributed by atoms with van der Waals surface area (Å²) in [5.41, 5.74) is 0. The summed E-state index contributed by atoms with van der Waals surface area (Å²) in [5, 5.41) is 3.56. The molecule has 2 unspecified atom stereocenters. The zero-order valence-corrected chi connectivity index (χ0v) is 10.3. The normalized spacial score (nSPS) is 22.6. The van der Waals surface area contributed by atoms with E-state index in [4.69, 9.17) is 9.47 Å². The molecule has 3 nitrogen and oxygen atoms in total. The smallest absolute Gasteiger partial charge is 0.0702 e. The molecule has 1 heterocycles. The molecule has 0 aromatic heterocycles. The summed E-state index contributed by atoms with van der Waals surface area (Å²) in [5.74, 6) is 0.709. The predicted molar refractivity (Wildman–Crippen MR) is 62.1 cm³/mol. The summed E-state index contributed by atoms with van der Waals surface area (Å²) in [6.07, 6.45) is 2.63. The number of nitrogens with one attached hydrogen (secondary N) is 1. The van der Waals surface area contributed by atoms with E-state index in [-0.39, 0.29) is 0 Å². The Hall–Kier alpha value is -0.120. The Kier molecular flexibility index (Phi) is 6.22. The third-order valence-corrected chi connectivity index (χ3v) is 3.15. The Morgan fingerprint density at radius 1 is 1.33 bits per heavy atom. The van der Waals surface area contributed by atoms with E-state index < -0.39 is 0 Å². The highest BCUT2D eigenvalue weighted by Gasteiger charge is 2.27. The second-order valence-electron chi connectivity index (χ2n) is 4.19. The van der Waals surface area contributed by atoms with E-state index in [1.807, 2.05) is 0 Å². The van der Waals surface area contributed by atoms with E-state index >= 15 is 0 Å². The van der Waals surface area contributed by atoms with Crippen LogP contribution in [0.25, 0.3) is 0 Å². The molecule has 1 fully saturated rings. The topological polar surface area (TPSA) is 30.5 Å². The summed E-state index contributed by atoms with van der Waals surface area (Å²) < 4.78 is 11.1. The number of likely N-dealkylation sites (N-methyl/N-ethyl adjacent to an activating group) is 1. The van der Waals surface area contributed by atoms with E-state index in [1.165, 1.54) is 0 Å². The number of ether oxygens (including phenoxy) is 2. The van der Waals surface area contributed by atoms with Crippen molar-refractivity contribution in [3.05, 3.63) is 0 Å². The summed E-state index contributed by atoms with van der Waals surface area (Å²) in [6.45, 7) is 10.0. The highest BCUT2D eigenvalue weighted by Crippen LogP contribution is 2.22. The molecule has 15 heavy (non-hydrogen) atoms. The highest BCUT2D eigenvalue weighted by molar-refractivity contribution is 4.83. The summed E-state index contributed by atoms with van der Waals surface area (Å²) in [7, 11) is 0. The predicted octanol–water partition coefficient (Wildman–Crippen LogP) is 1.82. The van der Waals surface area contributed by atoms with Crippen molar-refractivity contribution < 1.29 is 9.47 Å². The van der Waals surface area contributed by atoms with E-state index in [0.717, 1.165) is 39.2 Å². The van der Waals surface area contributed by atoms with Crippen LogP contribution in [0.5, 0.6) is 0 Å². The van der Waals surface area contributed by atoms with Crippen LogP contribution in [0.15, 0.2) is 0 Å². The molecular weight excluding hydrogens is 190 g/mol. The van der Waals surface area contributed by atoms with Gasteiger partial charge in [0.15, 0.2) is 0 Å². The molecule has 3 heteroatoms. The average Bonchev–Trinajstić information content (AvgIpc) is 2.27. The molecule has 0 bridgehead atoms. The molecule has 90 valence electrons. The van der Waals surface area contributed by atoms with Gasteiger partial charge < -0.3 is 14.8 Å². The van der Waals surface area contributed by atoms with Crippen LogP contribution in [0.2, 0.25) is 0 Å². The summed E-state index contributed by atoms with van der Waals surface area (Å²) >= 11 is 0. The van der Waals surface area contributed by atoms with Crippen LogP contribution in [0, 0.1) is 5.92 Å². The second kappa shape index (κ2) is 7.20. The maximum absolute atomic E-state index is 5.71. The van der Waals surface area contributed by atoms with Gasteiger partial charge >= 0.3 is 0 Å². The van der Waals surface area contributed by atoms with Crippen LogP contribution in [0.3, 0.4) is 0 Å². The molecular formula is C12H25NO2. The van der Waals surface area contributed by atoms with Gasteiger partial charge in [0.1, 0.15) is 0 Å². The minimum absolute atomic E-state index is 0.304. The Balaban J connectivity index is 2.46. The molecule has 0 spiro atoms. The van der Waals surface area contributed by atoms with E-state index in [2.05, 4.69) is 26.1 Å². The van der Waals surface area contributed by atoms with E-state index in [0.29, 0.717) is 18.1 Å². The molecule has 0 aromatic carbocycles. The van der Waals surface area contributed by atoms with Gasteiger partial charge in [0, 0.05) is 25.9 Å². The van der Waals surface area contributed by atoms with Crippen molar-refractivity contribution in [1.82, 2.24) is 5.32 Å². The quantitative estimate of drug-likeness (QED) is 0.733. The minimum atomic E-state index is 0.304. The van der Waals surface area contributed by atoms with Crippen LogP contribution >= 0.6 is 0 Å². The van der Waals surface area contributed by atoms with Crippen molar-refractivity contribution in [3.8, 4) is 0 Å². The Labute approximate surface area is 93.5 Å². The van der Waals surface area contributed by atoms with Crippen LogP contribution in [-0.2, 0) is 9.47 Å². The van der Waals surface area contributed by atoms with Crippen molar-refractivity contribution in [1.29, 1.82) is 0 Å². The maximum Gasteiger partial charge on any atom is 0.0702 e. The van der Waals surface area contributed by atoms with E-state index in [9.17, 15) is 0 Å². The zero-order chi connectivity index (χ0) is 11.1. The fourth-order valence-corrected chi connectivity index (χ4v) is 2.39. The maximum atomic E-state index is 5.71. The number of hydrogen-bond acceptors (Lipinski definition) is 3. The van der Waals surface area contributed by atoms with Crippen molar-refractivity contribution in [3.63, 3.8) is 0 Å². The molecule has 1 N–H and O–H groups in total. The molecule has 0 aliphatic carbocycles. The van der Waals surface area contributed by atoms with Gasteiger partial charge in [-0.05, 0) is 39.2 Å². The van der Waals surface area contributed by atoms with Crippen LogP contribution in [-0.4, -0.2) is 38.5 Å². The lowest BCUT2D eigenvalue weighted by Gasteiger charge is -2.34. The first kappa shape index (κ1) is 12.9. The van der Waals surface area contributed by atoms with Crippen molar-refractivity contribution >= 4 is 0 Å². The first-order chi connectivity index (χ1) is 7.29. The first-order valence-corrected chi connectivity index (χ1v) is 6.22. The van der Waals surface area contributed by atoms with Gasteiger partial charge in [-0.15, -0.1) is 0 Å². The first-order valence-electron chi connectivity index (χ1n) is 6.22. The molecule has 0 saturated carbocycles. The van der Waals surface area contributed by atoms with Crippen molar-refractivity contribution in [2.75, 3.05) is 26.4 Å². The fraction of sp³-hybridized carbons (Fsp3) is 1.00. The molecule has 1 saturated heterocycles. The molecule has 1 rings (SSSR count). The van der Waals surface area contributed by atoms with Gasteiger partial charge in [-0.1, -0.05) is 6.92 Å². The van der Waals surface area contributed by atoms with E-state index in [1.54, 1.807) is 0 Å². The molecule has 1 aliphatic rings.